The highest BCUT2D eigenvalue weighted by atomic mass is 16.2. The Balaban J connectivity index is 2.03. The summed E-state index contributed by atoms with van der Waals surface area (Å²) in [4.78, 5) is 14.6. The van der Waals surface area contributed by atoms with E-state index in [0.29, 0.717) is 12.6 Å². The van der Waals surface area contributed by atoms with E-state index < -0.39 is 0 Å². The fraction of sp³-hybridized carbons (Fsp3) is 0.562. The summed E-state index contributed by atoms with van der Waals surface area (Å²) in [5.74, 6) is 0.187. The Bertz CT molecular complexity index is 464. The third-order valence-corrected chi connectivity index (χ3v) is 4.19. The van der Waals surface area contributed by atoms with Gasteiger partial charge in [-0.3, -0.25) is 4.79 Å². The summed E-state index contributed by atoms with van der Waals surface area (Å²) in [5, 5.41) is 3.10. The summed E-state index contributed by atoms with van der Waals surface area (Å²) >= 11 is 0. The van der Waals surface area contributed by atoms with Crippen molar-refractivity contribution in [3.8, 4) is 0 Å². The van der Waals surface area contributed by atoms with Gasteiger partial charge in [0.25, 0.3) is 0 Å². The van der Waals surface area contributed by atoms with Gasteiger partial charge in [-0.1, -0.05) is 29.8 Å². The zero-order valence-corrected chi connectivity index (χ0v) is 12.4. The molecular weight excluding hydrogens is 236 g/mol. The van der Waals surface area contributed by atoms with Crippen molar-refractivity contribution >= 4 is 5.91 Å². The van der Waals surface area contributed by atoms with Crippen LogP contribution < -0.4 is 5.32 Å². The smallest absolute Gasteiger partial charge is 0.230 e. The molecule has 1 aliphatic carbocycles. The van der Waals surface area contributed by atoms with Crippen LogP contribution in [0.3, 0.4) is 0 Å². The highest BCUT2D eigenvalue weighted by molar-refractivity contribution is 5.91. The fourth-order valence-corrected chi connectivity index (χ4v) is 2.31. The summed E-state index contributed by atoms with van der Waals surface area (Å²) in [6.07, 6.45) is 1.94. The molecule has 1 aromatic rings. The van der Waals surface area contributed by atoms with Crippen molar-refractivity contribution < 1.29 is 4.79 Å². The second-order valence-corrected chi connectivity index (χ2v) is 5.97. The van der Waals surface area contributed by atoms with Gasteiger partial charge in [-0.15, -0.1) is 0 Å². The molecular formula is C16H24N2O. The highest BCUT2D eigenvalue weighted by Crippen LogP contribution is 2.48. The van der Waals surface area contributed by atoms with Crippen LogP contribution in [0.15, 0.2) is 24.3 Å². The number of nitrogens with one attached hydrogen (secondary N) is 1. The number of hydrogen-bond acceptors (Lipinski definition) is 2. The lowest BCUT2D eigenvalue weighted by Gasteiger charge is -2.22. The maximum Gasteiger partial charge on any atom is 0.230 e. The first-order valence-corrected chi connectivity index (χ1v) is 6.97. The first kappa shape index (κ1) is 14.1. The number of carbonyl (C=O) groups excluding carboxylic acids is 1. The van der Waals surface area contributed by atoms with E-state index in [0.717, 1.165) is 12.8 Å². The molecule has 0 radical (unpaired) electrons. The summed E-state index contributed by atoms with van der Waals surface area (Å²) in [6, 6.07) is 8.69. The highest BCUT2D eigenvalue weighted by Gasteiger charge is 2.51. The summed E-state index contributed by atoms with van der Waals surface area (Å²) < 4.78 is 0. The van der Waals surface area contributed by atoms with Crippen LogP contribution in [0.5, 0.6) is 0 Å². The predicted molar refractivity (Wildman–Crippen MR) is 78.2 cm³/mol. The van der Waals surface area contributed by atoms with Crippen molar-refractivity contribution in [2.75, 3.05) is 20.6 Å². The van der Waals surface area contributed by atoms with Crippen molar-refractivity contribution in [1.82, 2.24) is 10.2 Å². The average Bonchev–Trinajstić information content (AvgIpc) is 3.16. The zero-order valence-electron chi connectivity index (χ0n) is 12.4. The number of likely N-dealkylation sites (N-methyl/N-ethyl adjacent to an activating group) is 1. The Morgan fingerprint density at radius 2 is 2.11 bits per heavy atom. The van der Waals surface area contributed by atoms with Gasteiger partial charge in [0.15, 0.2) is 0 Å². The van der Waals surface area contributed by atoms with Crippen LogP contribution in [0.25, 0.3) is 0 Å². The first-order chi connectivity index (χ1) is 8.95. The minimum atomic E-state index is -0.252. The second-order valence-electron chi connectivity index (χ2n) is 5.97. The first-order valence-electron chi connectivity index (χ1n) is 6.97. The van der Waals surface area contributed by atoms with E-state index >= 15 is 0 Å². The van der Waals surface area contributed by atoms with Gasteiger partial charge in [0.05, 0.1) is 5.41 Å². The van der Waals surface area contributed by atoms with E-state index in [1.807, 2.05) is 20.2 Å². The van der Waals surface area contributed by atoms with E-state index in [4.69, 9.17) is 0 Å². The van der Waals surface area contributed by atoms with Gasteiger partial charge in [-0.2, -0.15) is 0 Å². The SMILES string of the molecule is Cc1cccc(C2(C(=O)NCC(C)N(C)C)CC2)c1. The zero-order chi connectivity index (χ0) is 14.0. The van der Waals surface area contributed by atoms with Gasteiger partial charge in [0.2, 0.25) is 5.91 Å². The molecule has 0 spiro atoms. The van der Waals surface area contributed by atoms with Gasteiger partial charge >= 0.3 is 0 Å². The average molecular weight is 260 g/mol. The van der Waals surface area contributed by atoms with E-state index in [-0.39, 0.29) is 11.3 Å². The lowest BCUT2D eigenvalue weighted by molar-refractivity contribution is -0.123. The van der Waals surface area contributed by atoms with E-state index in [2.05, 4.69) is 42.3 Å². The molecule has 0 bridgehead atoms. The third-order valence-electron chi connectivity index (χ3n) is 4.19. The lowest BCUT2D eigenvalue weighted by atomic mass is 9.93. The maximum absolute atomic E-state index is 12.4. The number of benzene rings is 1. The molecule has 1 fully saturated rings. The molecule has 3 heteroatoms. The number of aryl methyl sites for hydroxylation is 1. The molecule has 0 aliphatic heterocycles. The fourth-order valence-electron chi connectivity index (χ4n) is 2.31. The lowest BCUT2D eigenvalue weighted by Crippen LogP contribution is -2.42. The van der Waals surface area contributed by atoms with Crippen LogP contribution >= 0.6 is 0 Å². The van der Waals surface area contributed by atoms with Crippen LogP contribution in [0.1, 0.15) is 30.9 Å². The molecule has 0 aromatic heterocycles. The number of carbonyl (C=O) groups is 1. The topological polar surface area (TPSA) is 32.3 Å². The molecule has 2 rings (SSSR count). The van der Waals surface area contributed by atoms with Gasteiger partial charge in [-0.25, -0.2) is 0 Å². The normalized spacial score (nSPS) is 18.2. The molecule has 19 heavy (non-hydrogen) atoms. The molecule has 1 unspecified atom stereocenters. The Morgan fingerprint density at radius 1 is 1.42 bits per heavy atom. The van der Waals surface area contributed by atoms with E-state index in [1.54, 1.807) is 0 Å². The van der Waals surface area contributed by atoms with Crippen LogP contribution in [0.2, 0.25) is 0 Å². The van der Waals surface area contributed by atoms with Crippen molar-refractivity contribution in [1.29, 1.82) is 0 Å². The van der Waals surface area contributed by atoms with Gasteiger partial charge in [0.1, 0.15) is 0 Å². The Kier molecular flexibility index (Phi) is 3.95. The molecule has 1 atom stereocenters. The second kappa shape index (κ2) is 5.33. The molecule has 3 nitrogen and oxygen atoms in total. The molecule has 0 saturated heterocycles. The quantitative estimate of drug-likeness (QED) is 0.879. The Labute approximate surface area is 116 Å². The number of rotatable bonds is 5. The maximum atomic E-state index is 12.4. The molecule has 104 valence electrons. The van der Waals surface area contributed by atoms with Gasteiger partial charge in [0, 0.05) is 12.6 Å². The molecule has 1 N–H and O–H groups in total. The molecule has 1 aliphatic rings. The van der Waals surface area contributed by atoms with Crippen molar-refractivity contribution in [2.24, 2.45) is 0 Å². The molecule has 0 heterocycles. The van der Waals surface area contributed by atoms with Crippen molar-refractivity contribution in [2.45, 2.75) is 38.1 Å². The van der Waals surface area contributed by atoms with Gasteiger partial charge in [-0.05, 0) is 46.3 Å². The standard InChI is InChI=1S/C16H24N2O/c1-12-6-5-7-14(10-12)16(8-9-16)15(19)17-11-13(2)18(3)4/h5-7,10,13H,8-9,11H2,1-4H3,(H,17,19). The van der Waals surface area contributed by atoms with Crippen LogP contribution in [0.4, 0.5) is 0 Å². The Morgan fingerprint density at radius 3 is 2.63 bits per heavy atom. The molecule has 1 saturated carbocycles. The Hall–Kier alpha value is -1.35. The monoisotopic (exact) mass is 260 g/mol. The van der Waals surface area contributed by atoms with Gasteiger partial charge < -0.3 is 10.2 Å². The van der Waals surface area contributed by atoms with Crippen LogP contribution in [-0.4, -0.2) is 37.5 Å². The molecule has 1 aromatic carbocycles. The minimum Gasteiger partial charge on any atom is -0.354 e. The van der Waals surface area contributed by atoms with E-state index in [9.17, 15) is 4.79 Å². The summed E-state index contributed by atoms with van der Waals surface area (Å²) in [5.41, 5.74) is 2.14. The van der Waals surface area contributed by atoms with E-state index in [1.165, 1.54) is 11.1 Å². The minimum absolute atomic E-state index is 0.187. The third kappa shape index (κ3) is 2.98. The predicted octanol–water partition coefficient (Wildman–Crippen LogP) is 2.09. The number of nitrogens with zero attached hydrogens (tertiary/aromatic N) is 1. The number of amides is 1. The largest absolute Gasteiger partial charge is 0.354 e. The number of hydrogen-bond donors (Lipinski definition) is 1. The van der Waals surface area contributed by atoms with Crippen molar-refractivity contribution in [3.05, 3.63) is 35.4 Å². The summed E-state index contributed by atoms with van der Waals surface area (Å²) in [7, 11) is 4.06. The molecule has 1 amide bonds. The van der Waals surface area contributed by atoms with Crippen LogP contribution in [-0.2, 0) is 10.2 Å². The van der Waals surface area contributed by atoms with Crippen LogP contribution in [0, 0.1) is 6.92 Å². The summed E-state index contributed by atoms with van der Waals surface area (Å²) in [6.45, 7) is 4.90. The van der Waals surface area contributed by atoms with Crippen molar-refractivity contribution in [3.63, 3.8) is 0 Å².